The molecule has 0 atom stereocenters. The van der Waals surface area contributed by atoms with Crippen molar-refractivity contribution in [3.05, 3.63) is 54.1 Å². The molecule has 158 valence electrons. The first-order valence-corrected chi connectivity index (χ1v) is 10.3. The van der Waals surface area contributed by atoms with Crippen LogP contribution in [0.1, 0.15) is 32.8 Å². The molecule has 0 aliphatic heterocycles. The second-order valence-electron chi connectivity index (χ2n) is 8.13. The van der Waals surface area contributed by atoms with Gasteiger partial charge in [-0.15, -0.1) is 0 Å². The Kier molecular flexibility index (Phi) is 6.62. The SMILES string of the molecule is COc1ccc(-c2[nH]c3ccccc3c2CCC(=O)NNC(=S)NC(C)(C)C)cc1. The molecule has 0 saturated heterocycles. The molecule has 0 saturated carbocycles. The van der Waals surface area contributed by atoms with Gasteiger partial charge in [0.05, 0.1) is 7.11 Å². The molecular formula is C23H28N4O2S. The lowest BCUT2D eigenvalue weighted by Gasteiger charge is -2.23. The number of amides is 1. The van der Waals surface area contributed by atoms with Gasteiger partial charge < -0.3 is 15.0 Å². The molecule has 1 heterocycles. The van der Waals surface area contributed by atoms with Crippen molar-refractivity contribution in [2.24, 2.45) is 0 Å². The van der Waals surface area contributed by atoms with Gasteiger partial charge in [-0.1, -0.05) is 18.2 Å². The van der Waals surface area contributed by atoms with Gasteiger partial charge in [0.2, 0.25) is 5.91 Å². The van der Waals surface area contributed by atoms with Gasteiger partial charge >= 0.3 is 0 Å². The molecule has 0 bridgehead atoms. The zero-order chi connectivity index (χ0) is 21.7. The summed E-state index contributed by atoms with van der Waals surface area (Å²) in [6.07, 6.45) is 0.925. The summed E-state index contributed by atoms with van der Waals surface area (Å²) in [4.78, 5) is 15.9. The third kappa shape index (κ3) is 5.51. The highest BCUT2D eigenvalue weighted by Crippen LogP contribution is 2.32. The number of rotatable bonds is 5. The van der Waals surface area contributed by atoms with Gasteiger partial charge in [-0.05, 0) is 80.9 Å². The van der Waals surface area contributed by atoms with Crippen LogP contribution >= 0.6 is 12.2 Å². The van der Waals surface area contributed by atoms with Crippen LogP contribution in [0, 0.1) is 0 Å². The first kappa shape index (κ1) is 21.6. The number of aromatic amines is 1. The number of nitrogens with one attached hydrogen (secondary N) is 4. The summed E-state index contributed by atoms with van der Waals surface area (Å²) in [5, 5.41) is 4.61. The molecule has 1 amide bonds. The number of carbonyl (C=O) groups is 1. The summed E-state index contributed by atoms with van der Waals surface area (Å²) in [6, 6.07) is 16.0. The number of aromatic nitrogens is 1. The highest BCUT2D eigenvalue weighted by molar-refractivity contribution is 7.80. The van der Waals surface area contributed by atoms with E-state index < -0.39 is 0 Å². The second kappa shape index (κ2) is 9.17. The molecule has 0 radical (unpaired) electrons. The van der Waals surface area contributed by atoms with Crippen LogP contribution in [0.4, 0.5) is 0 Å². The lowest BCUT2D eigenvalue weighted by molar-refractivity contribution is -0.121. The Morgan fingerprint density at radius 3 is 2.43 bits per heavy atom. The van der Waals surface area contributed by atoms with Gasteiger partial charge in [-0.3, -0.25) is 15.6 Å². The number of methoxy groups -OCH3 is 1. The molecule has 3 aromatic rings. The van der Waals surface area contributed by atoms with Gasteiger partial charge in [-0.25, -0.2) is 0 Å². The second-order valence-corrected chi connectivity index (χ2v) is 8.54. The Labute approximate surface area is 182 Å². The number of aryl methyl sites for hydroxylation is 1. The minimum atomic E-state index is -0.174. The van der Waals surface area contributed by atoms with Crippen LogP contribution in [-0.2, 0) is 11.2 Å². The zero-order valence-electron chi connectivity index (χ0n) is 17.8. The molecule has 30 heavy (non-hydrogen) atoms. The smallest absolute Gasteiger partial charge is 0.238 e. The molecule has 3 rings (SSSR count). The standard InChI is InChI=1S/C23H28N4O2S/c1-23(2,3)25-22(30)27-26-20(28)14-13-18-17-7-5-6-8-19(17)24-21(18)15-9-11-16(29-4)12-10-15/h5-12,24H,13-14H2,1-4H3,(H,26,28)(H2,25,27,30). The summed E-state index contributed by atoms with van der Waals surface area (Å²) in [7, 11) is 1.65. The number of para-hydroxylation sites is 1. The highest BCUT2D eigenvalue weighted by atomic mass is 32.1. The van der Waals surface area contributed by atoms with E-state index >= 15 is 0 Å². The van der Waals surface area contributed by atoms with Gasteiger partial charge in [0.1, 0.15) is 5.75 Å². The first-order valence-electron chi connectivity index (χ1n) is 9.88. The van der Waals surface area contributed by atoms with E-state index in [1.54, 1.807) is 7.11 Å². The number of hydrogen-bond donors (Lipinski definition) is 4. The lowest BCUT2D eigenvalue weighted by atomic mass is 10.0. The Morgan fingerprint density at radius 2 is 1.77 bits per heavy atom. The summed E-state index contributed by atoms with van der Waals surface area (Å²) in [6.45, 7) is 6.00. The van der Waals surface area contributed by atoms with Crippen LogP contribution in [-0.4, -0.2) is 28.7 Å². The Morgan fingerprint density at radius 1 is 1.07 bits per heavy atom. The fraction of sp³-hybridized carbons (Fsp3) is 0.304. The number of carbonyl (C=O) groups excluding carboxylic acids is 1. The molecule has 6 nitrogen and oxygen atoms in total. The van der Waals surface area contributed by atoms with Crippen LogP contribution < -0.4 is 20.9 Å². The summed E-state index contributed by atoms with van der Waals surface area (Å²) < 4.78 is 5.26. The maximum atomic E-state index is 12.4. The van der Waals surface area contributed by atoms with Crippen molar-refractivity contribution < 1.29 is 9.53 Å². The van der Waals surface area contributed by atoms with Crippen molar-refractivity contribution in [3.8, 4) is 17.0 Å². The fourth-order valence-corrected chi connectivity index (χ4v) is 3.62. The number of ether oxygens (including phenoxy) is 1. The van der Waals surface area contributed by atoms with E-state index in [9.17, 15) is 4.79 Å². The summed E-state index contributed by atoms with van der Waals surface area (Å²) >= 11 is 5.20. The molecule has 0 fully saturated rings. The van der Waals surface area contributed by atoms with Crippen LogP contribution in [0.2, 0.25) is 0 Å². The molecule has 0 unspecified atom stereocenters. The average molecular weight is 425 g/mol. The third-order valence-corrected chi connectivity index (χ3v) is 4.80. The molecule has 0 spiro atoms. The van der Waals surface area contributed by atoms with Crippen molar-refractivity contribution >= 4 is 34.1 Å². The van der Waals surface area contributed by atoms with E-state index in [0.717, 1.165) is 33.5 Å². The van der Waals surface area contributed by atoms with Gasteiger partial charge in [0.15, 0.2) is 5.11 Å². The Bertz CT molecular complexity index is 1040. The Balaban J connectivity index is 1.73. The largest absolute Gasteiger partial charge is 0.497 e. The van der Waals surface area contributed by atoms with Crippen LogP contribution in [0.15, 0.2) is 48.5 Å². The predicted molar refractivity (Wildman–Crippen MR) is 125 cm³/mol. The number of hydrogen-bond acceptors (Lipinski definition) is 3. The molecule has 0 aliphatic carbocycles. The van der Waals surface area contributed by atoms with E-state index in [1.807, 2.05) is 63.2 Å². The van der Waals surface area contributed by atoms with Gasteiger partial charge in [0.25, 0.3) is 0 Å². The summed E-state index contributed by atoms with van der Waals surface area (Å²) in [5.41, 5.74) is 9.49. The molecule has 7 heteroatoms. The van der Waals surface area contributed by atoms with E-state index in [2.05, 4.69) is 27.2 Å². The minimum Gasteiger partial charge on any atom is -0.497 e. The fourth-order valence-electron chi connectivity index (χ4n) is 3.26. The maximum Gasteiger partial charge on any atom is 0.238 e. The van der Waals surface area contributed by atoms with E-state index in [1.165, 1.54) is 0 Å². The highest BCUT2D eigenvalue weighted by Gasteiger charge is 2.15. The molecule has 4 N–H and O–H groups in total. The van der Waals surface area contributed by atoms with Gasteiger partial charge in [-0.2, -0.15) is 0 Å². The Hall–Kier alpha value is -3.06. The van der Waals surface area contributed by atoms with Crippen LogP contribution in [0.3, 0.4) is 0 Å². The van der Waals surface area contributed by atoms with Crippen molar-refractivity contribution in [2.75, 3.05) is 7.11 Å². The van der Waals surface area contributed by atoms with Crippen molar-refractivity contribution in [3.63, 3.8) is 0 Å². The topological polar surface area (TPSA) is 78.2 Å². The number of thiocarbonyl (C=S) groups is 1. The van der Waals surface area contributed by atoms with Gasteiger partial charge in [0, 0.05) is 28.6 Å². The number of benzene rings is 2. The number of hydrazine groups is 1. The van der Waals surface area contributed by atoms with Crippen LogP contribution in [0.25, 0.3) is 22.2 Å². The van der Waals surface area contributed by atoms with E-state index in [-0.39, 0.29) is 11.4 Å². The van der Waals surface area contributed by atoms with E-state index in [0.29, 0.717) is 18.0 Å². The number of H-pyrrole nitrogens is 1. The lowest BCUT2D eigenvalue weighted by Crippen LogP contribution is -2.52. The van der Waals surface area contributed by atoms with Crippen molar-refractivity contribution in [1.29, 1.82) is 0 Å². The minimum absolute atomic E-state index is 0.126. The molecule has 1 aromatic heterocycles. The molecular weight excluding hydrogens is 396 g/mol. The normalized spacial score (nSPS) is 11.2. The van der Waals surface area contributed by atoms with Crippen LogP contribution in [0.5, 0.6) is 5.75 Å². The van der Waals surface area contributed by atoms with E-state index in [4.69, 9.17) is 17.0 Å². The number of fused-ring (bicyclic) bond motifs is 1. The predicted octanol–water partition coefficient (Wildman–Crippen LogP) is 4.07. The van der Waals surface area contributed by atoms with Crippen molar-refractivity contribution in [1.82, 2.24) is 21.2 Å². The monoisotopic (exact) mass is 424 g/mol. The van der Waals surface area contributed by atoms with Crippen molar-refractivity contribution in [2.45, 2.75) is 39.2 Å². The maximum absolute atomic E-state index is 12.4. The first-order chi connectivity index (χ1) is 14.3. The third-order valence-electron chi connectivity index (χ3n) is 4.60. The summed E-state index contributed by atoms with van der Waals surface area (Å²) in [5.74, 6) is 0.681. The average Bonchev–Trinajstić information content (AvgIpc) is 3.08. The quantitative estimate of drug-likeness (QED) is 0.367. The molecule has 2 aromatic carbocycles. The molecule has 0 aliphatic rings. The zero-order valence-corrected chi connectivity index (χ0v) is 18.6.